The van der Waals surface area contributed by atoms with Gasteiger partial charge in [0.15, 0.2) is 0 Å². The van der Waals surface area contributed by atoms with Gasteiger partial charge in [0.25, 0.3) is 0 Å². The summed E-state index contributed by atoms with van der Waals surface area (Å²) in [6.45, 7) is 9.53. The van der Waals surface area contributed by atoms with E-state index in [1.54, 1.807) is 0 Å². The van der Waals surface area contributed by atoms with Gasteiger partial charge in [-0.15, -0.1) is 0 Å². The van der Waals surface area contributed by atoms with Gasteiger partial charge in [-0.2, -0.15) is 0 Å². The first kappa shape index (κ1) is 27.3. The molecule has 8 aromatic carbocycles. The Balaban J connectivity index is 1.31. The van der Waals surface area contributed by atoms with Crippen LogP contribution in [-0.2, 0) is 10.8 Å². The fourth-order valence-electron chi connectivity index (χ4n) is 9.72. The molecule has 0 fully saturated rings. The summed E-state index contributed by atoms with van der Waals surface area (Å²) >= 11 is 0. The van der Waals surface area contributed by atoms with E-state index in [9.17, 15) is 0 Å². The van der Waals surface area contributed by atoms with Gasteiger partial charge in [0.1, 0.15) is 0 Å². The van der Waals surface area contributed by atoms with Crippen molar-refractivity contribution in [2.75, 3.05) is 0 Å². The summed E-state index contributed by atoms with van der Waals surface area (Å²) in [7, 11) is 0. The Labute approximate surface area is 286 Å². The molecule has 0 saturated heterocycles. The fourth-order valence-corrected chi connectivity index (χ4v) is 9.72. The van der Waals surface area contributed by atoms with Gasteiger partial charge in [0.05, 0.1) is 11.0 Å². The summed E-state index contributed by atoms with van der Waals surface area (Å²) in [5.41, 5.74) is 14.6. The van der Waals surface area contributed by atoms with Crippen molar-refractivity contribution in [1.29, 1.82) is 0 Å². The molecule has 0 bridgehead atoms. The zero-order valence-electron chi connectivity index (χ0n) is 28.2. The van der Waals surface area contributed by atoms with Crippen molar-refractivity contribution in [3.8, 4) is 27.9 Å². The molecule has 2 aliphatic carbocycles. The fraction of sp³-hybridized carbons (Fsp3) is 0.125. The van der Waals surface area contributed by atoms with Crippen molar-refractivity contribution in [2.24, 2.45) is 0 Å². The number of hydrogen-bond acceptors (Lipinski definition) is 0. The quantitative estimate of drug-likeness (QED) is 0.160. The molecule has 2 aliphatic rings. The van der Waals surface area contributed by atoms with Gasteiger partial charge >= 0.3 is 0 Å². The molecule has 9 aromatic rings. The van der Waals surface area contributed by atoms with Crippen molar-refractivity contribution < 1.29 is 0 Å². The van der Waals surface area contributed by atoms with Crippen molar-refractivity contribution in [1.82, 2.24) is 4.57 Å². The minimum atomic E-state index is -0.0832. The van der Waals surface area contributed by atoms with Crippen LogP contribution in [0.5, 0.6) is 0 Å². The van der Waals surface area contributed by atoms with Crippen LogP contribution >= 0.6 is 0 Å². The number of rotatable bonds is 1. The molecule has 0 amide bonds. The van der Waals surface area contributed by atoms with Gasteiger partial charge in [-0.3, -0.25) is 0 Å². The van der Waals surface area contributed by atoms with Crippen molar-refractivity contribution >= 4 is 54.1 Å². The van der Waals surface area contributed by atoms with Gasteiger partial charge < -0.3 is 4.57 Å². The molecule has 0 radical (unpaired) electrons. The van der Waals surface area contributed by atoms with Crippen LogP contribution in [0, 0.1) is 0 Å². The lowest BCUT2D eigenvalue weighted by Crippen LogP contribution is -2.15. The molecule has 0 aliphatic heterocycles. The number of nitrogens with zero attached hydrogens (tertiary/aromatic N) is 1. The smallest absolute Gasteiger partial charge is 0.0547 e. The lowest BCUT2D eigenvalue weighted by molar-refractivity contribution is 0.659. The first-order valence-electron chi connectivity index (χ1n) is 17.5. The number of hydrogen-bond donors (Lipinski definition) is 0. The maximum absolute atomic E-state index is 2.56. The predicted octanol–water partition coefficient (Wildman–Crippen LogP) is 12.9. The van der Waals surface area contributed by atoms with E-state index in [0.717, 1.165) is 0 Å². The number of aromatic nitrogens is 1. The second-order valence-electron chi connectivity index (χ2n) is 15.3. The van der Waals surface area contributed by atoms with Gasteiger partial charge in [-0.1, -0.05) is 131 Å². The highest BCUT2D eigenvalue weighted by Crippen LogP contribution is 2.53. The predicted molar refractivity (Wildman–Crippen MR) is 208 cm³/mol. The standard InChI is InChI=1S/C48H35N/c1-47(2)41-19-11-9-17-33(41)35-22-21-28(23-43(35)47)49-45-26-37-32-16-8-6-14-30(32)29-13-5-7-15-31(29)36(37)24-39(45)40-25-38-34-18-10-12-20-42(34)48(3,4)44(38)27-46(40)49/h5-27H,1-4H3. The lowest BCUT2D eigenvalue weighted by Gasteiger charge is -2.23. The van der Waals surface area contributed by atoms with Gasteiger partial charge in [0, 0.05) is 27.3 Å². The Kier molecular flexibility index (Phi) is 5.05. The van der Waals surface area contributed by atoms with Gasteiger partial charge in [0.2, 0.25) is 0 Å². The zero-order valence-corrected chi connectivity index (χ0v) is 28.2. The monoisotopic (exact) mass is 625 g/mol. The molecule has 1 heteroatoms. The minimum Gasteiger partial charge on any atom is -0.309 e. The molecule has 232 valence electrons. The van der Waals surface area contributed by atoms with E-state index < -0.39 is 0 Å². The second kappa shape index (κ2) is 9.07. The van der Waals surface area contributed by atoms with Crippen LogP contribution < -0.4 is 0 Å². The summed E-state index contributed by atoms with van der Waals surface area (Å²) in [4.78, 5) is 0. The molecule has 0 spiro atoms. The van der Waals surface area contributed by atoms with Gasteiger partial charge in [-0.05, 0) is 113 Å². The van der Waals surface area contributed by atoms with Crippen LogP contribution in [0.2, 0.25) is 0 Å². The molecular formula is C48H35N. The SMILES string of the molecule is CC1(C)c2ccccc2-c2ccc(-n3c4cc5c(cc4c4cc6c7ccccc7c7ccccc7c6cc43)-c3ccccc3C5(C)C)cc21. The Morgan fingerprint density at radius 1 is 0.327 bits per heavy atom. The summed E-state index contributed by atoms with van der Waals surface area (Å²) in [6, 6.07) is 53.0. The van der Waals surface area contributed by atoms with Crippen LogP contribution in [-0.4, -0.2) is 4.57 Å². The highest BCUT2D eigenvalue weighted by Gasteiger charge is 2.37. The molecule has 11 rings (SSSR count). The zero-order chi connectivity index (χ0) is 32.8. The molecule has 1 heterocycles. The minimum absolute atomic E-state index is 0.0760. The lowest BCUT2D eigenvalue weighted by atomic mass is 9.82. The van der Waals surface area contributed by atoms with E-state index in [0.29, 0.717) is 0 Å². The van der Waals surface area contributed by atoms with Crippen molar-refractivity contribution in [2.45, 2.75) is 38.5 Å². The molecule has 1 nitrogen and oxygen atoms in total. The third-order valence-corrected chi connectivity index (χ3v) is 12.2. The summed E-state index contributed by atoms with van der Waals surface area (Å²) in [5, 5.41) is 10.5. The average molecular weight is 626 g/mol. The summed E-state index contributed by atoms with van der Waals surface area (Å²) < 4.78 is 2.56. The highest BCUT2D eigenvalue weighted by molar-refractivity contribution is 6.29. The van der Waals surface area contributed by atoms with E-state index in [1.807, 2.05) is 0 Å². The first-order valence-corrected chi connectivity index (χ1v) is 17.5. The topological polar surface area (TPSA) is 4.93 Å². The van der Waals surface area contributed by atoms with Crippen molar-refractivity contribution in [3.63, 3.8) is 0 Å². The van der Waals surface area contributed by atoms with Crippen LogP contribution in [0.3, 0.4) is 0 Å². The average Bonchev–Trinajstić information content (AvgIpc) is 3.66. The Morgan fingerprint density at radius 2 is 0.776 bits per heavy atom. The molecule has 49 heavy (non-hydrogen) atoms. The van der Waals surface area contributed by atoms with E-state index >= 15 is 0 Å². The van der Waals surface area contributed by atoms with E-state index in [4.69, 9.17) is 0 Å². The Bertz CT molecular complexity index is 2930. The van der Waals surface area contributed by atoms with E-state index in [1.165, 1.54) is 104 Å². The number of benzene rings is 8. The molecule has 0 atom stereocenters. The first-order chi connectivity index (χ1) is 23.8. The van der Waals surface area contributed by atoms with Crippen molar-refractivity contribution in [3.05, 3.63) is 162 Å². The van der Waals surface area contributed by atoms with Gasteiger partial charge in [-0.25, -0.2) is 0 Å². The Hall–Kier alpha value is -5.66. The summed E-state index contributed by atoms with van der Waals surface area (Å²) in [6.07, 6.45) is 0. The molecular weight excluding hydrogens is 591 g/mol. The maximum Gasteiger partial charge on any atom is 0.0547 e. The van der Waals surface area contributed by atoms with Crippen LogP contribution in [0.1, 0.15) is 49.9 Å². The molecule has 0 saturated carbocycles. The summed E-state index contributed by atoms with van der Waals surface area (Å²) in [5.74, 6) is 0. The van der Waals surface area contributed by atoms with E-state index in [2.05, 4.69) is 172 Å². The largest absolute Gasteiger partial charge is 0.309 e. The van der Waals surface area contributed by atoms with Crippen LogP contribution in [0.25, 0.3) is 82.1 Å². The number of fused-ring (bicyclic) bond motifs is 15. The highest BCUT2D eigenvalue weighted by atomic mass is 15.0. The van der Waals surface area contributed by atoms with E-state index in [-0.39, 0.29) is 10.8 Å². The molecule has 0 unspecified atom stereocenters. The normalized spacial score (nSPS) is 15.3. The Morgan fingerprint density at radius 3 is 1.41 bits per heavy atom. The van der Waals surface area contributed by atoms with Crippen LogP contribution in [0.4, 0.5) is 0 Å². The third kappa shape index (κ3) is 3.35. The third-order valence-electron chi connectivity index (χ3n) is 12.2. The molecule has 1 aromatic heterocycles. The maximum atomic E-state index is 2.56. The van der Waals surface area contributed by atoms with Crippen LogP contribution in [0.15, 0.2) is 140 Å². The molecule has 0 N–H and O–H groups in total. The second-order valence-corrected chi connectivity index (χ2v) is 15.3.